The summed E-state index contributed by atoms with van der Waals surface area (Å²) in [6.07, 6.45) is 3.37. The Morgan fingerprint density at radius 2 is 2.00 bits per heavy atom. The van der Waals surface area contributed by atoms with Crippen LogP contribution in [0.4, 0.5) is 5.88 Å². The quantitative estimate of drug-likeness (QED) is 0.767. The molecule has 20 heavy (non-hydrogen) atoms. The summed E-state index contributed by atoms with van der Waals surface area (Å²) in [6, 6.07) is 8.86. The van der Waals surface area contributed by atoms with E-state index in [2.05, 4.69) is 10.1 Å². The SMILES string of the molecule is Nc1onc(-c2ccc(Cl)cc2Cl)c1-c1cccnc1. The molecule has 0 saturated carbocycles. The molecule has 0 radical (unpaired) electrons. The van der Waals surface area contributed by atoms with E-state index in [0.29, 0.717) is 26.9 Å². The number of benzene rings is 1. The van der Waals surface area contributed by atoms with Crippen LogP contribution in [0.3, 0.4) is 0 Å². The normalized spacial score (nSPS) is 10.7. The number of nitrogen functional groups attached to an aromatic ring is 1. The lowest BCUT2D eigenvalue weighted by atomic mass is 10.0. The van der Waals surface area contributed by atoms with Crippen LogP contribution < -0.4 is 5.73 Å². The molecule has 0 unspecified atom stereocenters. The van der Waals surface area contributed by atoms with Crippen molar-refractivity contribution in [1.82, 2.24) is 10.1 Å². The summed E-state index contributed by atoms with van der Waals surface area (Å²) in [6.45, 7) is 0. The van der Waals surface area contributed by atoms with E-state index < -0.39 is 0 Å². The lowest BCUT2D eigenvalue weighted by Crippen LogP contribution is -1.89. The Kier molecular flexibility index (Phi) is 3.34. The van der Waals surface area contributed by atoms with Gasteiger partial charge >= 0.3 is 0 Å². The van der Waals surface area contributed by atoms with Gasteiger partial charge in [0, 0.05) is 28.5 Å². The Morgan fingerprint density at radius 1 is 1.15 bits per heavy atom. The lowest BCUT2D eigenvalue weighted by molar-refractivity contribution is 0.439. The fraction of sp³-hybridized carbons (Fsp3) is 0. The number of aromatic nitrogens is 2. The molecule has 0 amide bonds. The highest BCUT2D eigenvalue weighted by atomic mass is 35.5. The molecular weight excluding hydrogens is 297 g/mol. The molecule has 2 heterocycles. The summed E-state index contributed by atoms with van der Waals surface area (Å²) in [5.41, 5.74) is 8.62. The summed E-state index contributed by atoms with van der Waals surface area (Å²) in [5, 5.41) is 5.03. The maximum atomic E-state index is 6.21. The minimum Gasteiger partial charge on any atom is -0.367 e. The van der Waals surface area contributed by atoms with Crippen LogP contribution in [0.1, 0.15) is 0 Å². The maximum Gasteiger partial charge on any atom is 0.230 e. The summed E-state index contributed by atoms with van der Waals surface area (Å²) >= 11 is 12.1. The van der Waals surface area contributed by atoms with Gasteiger partial charge in [-0.3, -0.25) is 4.98 Å². The van der Waals surface area contributed by atoms with Crippen LogP contribution in [-0.4, -0.2) is 10.1 Å². The fourth-order valence-corrected chi connectivity index (χ4v) is 2.46. The molecular formula is C14H9Cl2N3O. The van der Waals surface area contributed by atoms with Crippen molar-refractivity contribution in [3.63, 3.8) is 0 Å². The molecule has 0 aliphatic heterocycles. The average Bonchev–Trinajstić information content (AvgIpc) is 2.81. The van der Waals surface area contributed by atoms with E-state index in [1.54, 1.807) is 30.6 Å². The van der Waals surface area contributed by atoms with Gasteiger partial charge in [0.1, 0.15) is 5.69 Å². The van der Waals surface area contributed by atoms with Gasteiger partial charge < -0.3 is 10.3 Å². The number of hydrogen-bond acceptors (Lipinski definition) is 4. The molecule has 0 saturated heterocycles. The zero-order valence-corrected chi connectivity index (χ0v) is 11.7. The number of anilines is 1. The van der Waals surface area contributed by atoms with Gasteiger partial charge in [-0.2, -0.15) is 0 Å². The standard InChI is InChI=1S/C14H9Cl2N3O/c15-9-3-4-10(11(16)6-9)13-12(14(17)20-19-13)8-2-1-5-18-7-8/h1-7H,17H2. The number of nitrogens with two attached hydrogens (primary N) is 1. The first kappa shape index (κ1) is 13.0. The zero-order chi connectivity index (χ0) is 14.1. The van der Waals surface area contributed by atoms with Crippen LogP contribution in [0.2, 0.25) is 10.0 Å². The molecule has 0 aliphatic carbocycles. The maximum absolute atomic E-state index is 6.21. The van der Waals surface area contributed by atoms with E-state index in [0.717, 1.165) is 5.56 Å². The van der Waals surface area contributed by atoms with Crippen molar-refractivity contribution < 1.29 is 4.52 Å². The van der Waals surface area contributed by atoms with E-state index >= 15 is 0 Å². The molecule has 0 bridgehead atoms. The monoisotopic (exact) mass is 305 g/mol. The molecule has 2 aromatic heterocycles. The summed E-state index contributed by atoms with van der Waals surface area (Å²) in [7, 11) is 0. The Labute approximate surface area is 125 Å². The Balaban J connectivity index is 2.21. The highest BCUT2D eigenvalue weighted by Gasteiger charge is 2.19. The molecule has 3 aromatic rings. The Morgan fingerprint density at radius 3 is 2.70 bits per heavy atom. The van der Waals surface area contributed by atoms with Gasteiger partial charge in [-0.15, -0.1) is 0 Å². The predicted molar refractivity (Wildman–Crippen MR) is 79.6 cm³/mol. The fourth-order valence-electron chi connectivity index (χ4n) is 1.96. The van der Waals surface area contributed by atoms with Gasteiger partial charge in [0.25, 0.3) is 0 Å². The molecule has 2 N–H and O–H groups in total. The summed E-state index contributed by atoms with van der Waals surface area (Å²) in [4.78, 5) is 4.07. The van der Waals surface area contributed by atoms with Crippen molar-refractivity contribution in [3.8, 4) is 22.4 Å². The van der Waals surface area contributed by atoms with Crippen molar-refractivity contribution in [2.75, 3.05) is 5.73 Å². The first-order valence-electron chi connectivity index (χ1n) is 5.78. The predicted octanol–water partition coefficient (Wildman–Crippen LogP) is 4.29. The molecule has 6 heteroatoms. The van der Waals surface area contributed by atoms with Crippen LogP contribution in [0.5, 0.6) is 0 Å². The number of rotatable bonds is 2. The van der Waals surface area contributed by atoms with E-state index in [4.69, 9.17) is 33.5 Å². The van der Waals surface area contributed by atoms with E-state index in [9.17, 15) is 0 Å². The molecule has 3 rings (SSSR count). The van der Waals surface area contributed by atoms with E-state index in [-0.39, 0.29) is 5.88 Å². The molecule has 0 fully saturated rings. The van der Waals surface area contributed by atoms with Gasteiger partial charge in [0.15, 0.2) is 0 Å². The first-order valence-corrected chi connectivity index (χ1v) is 6.53. The Hall–Kier alpha value is -2.04. The van der Waals surface area contributed by atoms with Gasteiger partial charge in [0.2, 0.25) is 5.88 Å². The van der Waals surface area contributed by atoms with Gasteiger partial charge in [-0.25, -0.2) is 0 Å². The van der Waals surface area contributed by atoms with Crippen LogP contribution in [0, 0.1) is 0 Å². The second kappa shape index (κ2) is 5.15. The Bertz CT molecular complexity index is 756. The van der Waals surface area contributed by atoms with Crippen LogP contribution in [0.25, 0.3) is 22.4 Å². The van der Waals surface area contributed by atoms with Crippen LogP contribution in [-0.2, 0) is 0 Å². The van der Waals surface area contributed by atoms with Gasteiger partial charge in [0.05, 0.1) is 10.6 Å². The van der Waals surface area contributed by atoms with Crippen LogP contribution in [0.15, 0.2) is 47.2 Å². The summed E-state index contributed by atoms with van der Waals surface area (Å²) in [5.74, 6) is 0.221. The van der Waals surface area contributed by atoms with Gasteiger partial charge in [-0.1, -0.05) is 34.4 Å². The molecule has 0 atom stereocenters. The molecule has 100 valence electrons. The van der Waals surface area contributed by atoms with Crippen LogP contribution >= 0.6 is 23.2 Å². The topological polar surface area (TPSA) is 64.9 Å². The van der Waals surface area contributed by atoms with Crippen molar-refractivity contribution >= 4 is 29.1 Å². The second-order valence-corrected chi connectivity index (χ2v) is 4.98. The average molecular weight is 306 g/mol. The number of nitrogens with zero attached hydrogens (tertiary/aromatic N) is 2. The van der Waals surface area contributed by atoms with E-state index in [1.807, 2.05) is 12.1 Å². The molecule has 1 aromatic carbocycles. The van der Waals surface area contributed by atoms with E-state index in [1.165, 1.54) is 0 Å². The number of hydrogen-bond donors (Lipinski definition) is 1. The zero-order valence-electron chi connectivity index (χ0n) is 10.2. The number of pyridine rings is 1. The third-order valence-corrected chi connectivity index (χ3v) is 3.40. The largest absolute Gasteiger partial charge is 0.367 e. The highest BCUT2D eigenvalue weighted by molar-refractivity contribution is 6.36. The minimum absolute atomic E-state index is 0.221. The van der Waals surface area contributed by atoms with Crippen molar-refractivity contribution in [3.05, 3.63) is 52.8 Å². The summed E-state index contributed by atoms with van der Waals surface area (Å²) < 4.78 is 5.10. The molecule has 4 nitrogen and oxygen atoms in total. The molecule has 0 spiro atoms. The lowest BCUT2D eigenvalue weighted by Gasteiger charge is -2.04. The second-order valence-electron chi connectivity index (χ2n) is 4.14. The van der Waals surface area contributed by atoms with Crippen molar-refractivity contribution in [2.45, 2.75) is 0 Å². The minimum atomic E-state index is 0.221. The van der Waals surface area contributed by atoms with Crippen molar-refractivity contribution in [1.29, 1.82) is 0 Å². The number of halogens is 2. The highest BCUT2D eigenvalue weighted by Crippen LogP contribution is 2.39. The molecule has 0 aliphatic rings. The van der Waals surface area contributed by atoms with Gasteiger partial charge in [-0.05, 0) is 24.3 Å². The smallest absolute Gasteiger partial charge is 0.230 e. The first-order chi connectivity index (χ1) is 9.66. The third-order valence-electron chi connectivity index (χ3n) is 2.85. The third kappa shape index (κ3) is 2.24. The van der Waals surface area contributed by atoms with Crippen molar-refractivity contribution in [2.24, 2.45) is 0 Å².